The Balaban J connectivity index is 1.59. The lowest BCUT2D eigenvalue weighted by molar-refractivity contribution is 0.0995. The first kappa shape index (κ1) is 20.0. The summed E-state index contributed by atoms with van der Waals surface area (Å²) >= 11 is 1.31. The number of nitrogens with one attached hydrogen (secondary N) is 1. The predicted molar refractivity (Wildman–Crippen MR) is 116 cm³/mol. The number of nitrogens with zero attached hydrogens (tertiary/aromatic N) is 2. The van der Waals surface area contributed by atoms with Crippen LogP contribution in [-0.2, 0) is 0 Å². The van der Waals surface area contributed by atoms with Crippen molar-refractivity contribution in [1.29, 1.82) is 0 Å². The zero-order valence-electron chi connectivity index (χ0n) is 16.2. The van der Waals surface area contributed by atoms with Crippen LogP contribution >= 0.6 is 11.3 Å². The van der Waals surface area contributed by atoms with Crippen LogP contribution in [0.4, 0.5) is 15.8 Å². The van der Waals surface area contributed by atoms with Gasteiger partial charge in [-0.3, -0.25) is 9.59 Å². The van der Waals surface area contributed by atoms with E-state index in [1.54, 1.807) is 29.6 Å². The SMILES string of the molecule is NC(=O)c1ccc(N2CCCCC2)c(NC(=O)c2csc(-c3ccc(F)cc3)n2)c1. The third-order valence-electron chi connectivity index (χ3n) is 5.05. The summed E-state index contributed by atoms with van der Waals surface area (Å²) in [5.74, 6) is -1.25. The first-order valence-electron chi connectivity index (χ1n) is 9.73. The Hall–Kier alpha value is -3.26. The summed E-state index contributed by atoms with van der Waals surface area (Å²) in [6.45, 7) is 1.79. The van der Waals surface area contributed by atoms with Gasteiger partial charge in [0.2, 0.25) is 5.91 Å². The van der Waals surface area contributed by atoms with Gasteiger partial charge in [-0.25, -0.2) is 9.37 Å². The number of rotatable bonds is 5. The number of amides is 2. The fourth-order valence-electron chi connectivity index (χ4n) is 3.49. The number of nitrogens with two attached hydrogens (primary N) is 1. The first-order chi connectivity index (χ1) is 14.5. The van der Waals surface area contributed by atoms with Crippen molar-refractivity contribution in [2.24, 2.45) is 5.73 Å². The maximum Gasteiger partial charge on any atom is 0.275 e. The molecule has 0 saturated carbocycles. The highest BCUT2D eigenvalue weighted by Gasteiger charge is 2.19. The Bertz CT molecular complexity index is 1070. The van der Waals surface area contributed by atoms with Crippen LogP contribution < -0.4 is 16.0 Å². The number of piperidine rings is 1. The molecule has 3 aromatic rings. The van der Waals surface area contributed by atoms with E-state index in [-0.39, 0.29) is 17.4 Å². The number of hydrogen-bond acceptors (Lipinski definition) is 5. The highest BCUT2D eigenvalue weighted by atomic mass is 32.1. The fraction of sp³-hybridized carbons (Fsp3) is 0.227. The number of hydrogen-bond donors (Lipinski definition) is 2. The van der Waals surface area contributed by atoms with E-state index in [2.05, 4.69) is 15.2 Å². The molecule has 2 aromatic carbocycles. The maximum atomic E-state index is 13.1. The van der Waals surface area contributed by atoms with E-state index < -0.39 is 5.91 Å². The Morgan fingerprint density at radius 1 is 1.07 bits per heavy atom. The van der Waals surface area contributed by atoms with Crippen LogP contribution in [0.2, 0.25) is 0 Å². The Morgan fingerprint density at radius 3 is 2.50 bits per heavy atom. The maximum absolute atomic E-state index is 13.1. The van der Waals surface area contributed by atoms with Gasteiger partial charge in [0, 0.05) is 29.6 Å². The second kappa shape index (κ2) is 8.62. The first-order valence-corrected chi connectivity index (χ1v) is 10.6. The van der Waals surface area contributed by atoms with E-state index in [1.165, 1.54) is 29.9 Å². The van der Waals surface area contributed by atoms with Gasteiger partial charge < -0.3 is 16.0 Å². The number of benzene rings is 2. The summed E-state index contributed by atoms with van der Waals surface area (Å²) in [6, 6.07) is 11.1. The Morgan fingerprint density at radius 2 is 1.80 bits per heavy atom. The molecule has 8 heteroatoms. The highest BCUT2D eigenvalue weighted by molar-refractivity contribution is 7.13. The van der Waals surface area contributed by atoms with Gasteiger partial charge in [0.05, 0.1) is 11.4 Å². The third-order valence-corrected chi connectivity index (χ3v) is 5.95. The molecule has 0 bridgehead atoms. The molecule has 1 saturated heterocycles. The van der Waals surface area contributed by atoms with Crippen LogP contribution in [0.5, 0.6) is 0 Å². The number of anilines is 2. The molecular formula is C22H21FN4O2S. The largest absolute Gasteiger partial charge is 0.370 e. The number of thiazole rings is 1. The van der Waals surface area contributed by atoms with Crippen LogP contribution in [0.15, 0.2) is 47.8 Å². The molecule has 1 aliphatic heterocycles. The number of primary amides is 1. The highest BCUT2D eigenvalue weighted by Crippen LogP contribution is 2.31. The smallest absolute Gasteiger partial charge is 0.275 e. The molecule has 0 unspecified atom stereocenters. The minimum Gasteiger partial charge on any atom is -0.370 e. The molecule has 0 radical (unpaired) electrons. The molecule has 6 nitrogen and oxygen atoms in total. The lowest BCUT2D eigenvalue weighted by Crippen LogP contribution is -2.30. The lowest BCUT2D eigenvalue weighted by Gasteiger charge is -2.30. The van der Waals surface area contributed by atoms with Crippen molar-refractivity contribution in [1.82, 2.24) is 4.98 Å². The molecule has 154 valence electrons. The molecule has 30 heavy (non-hydrogen) atoms. The molecule has 0 spiro atoms. The summed E-state index contributed by atoms with van der Waals surface area (Å²) in [5.41, 5.74) is 8.16. The second-order valence-corrected chi connectivity index (χ2v) is 8.00. The number of carbonyl (C=O) groups is 2. The molecule has 3 N–H and O–H groups in total. The average Bonchev–Trinajstić information content (AvgIpc) is 3.25. The van der Waals surface area contributed by atoms with Crippen molar-refractivity contribution < 1.29 is 14.0 Å². The van der Waals surface area contributed by atoms with E-state index in [1.807, 2.05) is 6.07 Å². The Labute approximate surface area is 177 Å². The standard InChI is InChI=1S/C22H21FN4O2S/c23-16-7-4-14(5-8-16)22-26-18(13-30-22)21(29)25-17-12-15(20(24)28)6-9-19(17)27-10-2-1-3-11-27/h4-9,12-13H,1-3,10-11H2,(H2,24,28)(H,25,29). The van der Waals surface area contributed by atoms with E-state index in [0.29, 0.717) is 16.3 Å². The number of aromatic nitrogens is 1. The average molecular weight is 425 g/mol. The monoisotopic (exact) mass is 424 g/mol. The van der Waals surface area contributed by atoms with E-state index in [4.69, 9.17) is 5.73 Å². The molecule has 0 aliphatic carbocycles. The quantitative estimate of drug-likeness (QED) is 0.640. The Kier molecular flexibility index (Phi) is 5.76. The van der Waals surface area contributed by atoms with Gasteiger partial charge in [-0.05, 0) is 61.7 Å². The van der Waals surface area contributed by atoms with Crippen molar-refractivity contribution in [3.05, 3.63) is 64.9 Å². The summed E-state index contributed by atoms with van der Waals surface area (Å²) < 4.78 is 13.1. The molecule has 1 aromatic heterocycles. The number of carbonyl (C=O) groups excluding carboxylic acids is 2. The number of halogens is 1. The zero-order valence-corrected chi connectivity index (χ0v) is 17.0. The summed E-state index contributed by atoms with van der Waals surface area (Å²) in [5, 5.41) is 5.18. The van der Waals surface area contributed by atoms with Crippen LogP contribution in [0, 0.1) is 5.82 Å². The fourth-order valence-corrected chi connectivity index (χ4v) is 4.30. The molecule has 2 heterocycles. The van der Waals surface area contributed by atoms with Gasteiger partial charge in [0.25, 0.3) is 5.91 Å². The van der Waals surface area contributed by atoms with Crippen molar-refractivity contribution in [2.75, 3.05) is 23.3 Å². The molecule has 0 atom stereocenters. The topological polar surface area (TPSA) is 88.3 Å². The minimum absolute atomic E-state index is 0.258. The van der Waals surface area contributed by atoms with Gasteiger partial charge in [-0.2, -0.15) is 0 Å². The van der Waals surface area contributed by atoms with Gasteiger partial charge in [0.1, 0.15) is 16.5 Å². The van der Waals surface area contributed by atoms with E-state index in [9.17, 15) is 14.0 Å². The lowest BCUT2D eigenvalue weighted by atomic mass is 10.1. The van der Waals surface area contributed by atoms with Crippen LogP contribution in [0.25, 0.3) is 10.6 Å². The van der Waals surface area contributed by atoms with Gasteiger partial charge in [-0.1, -0.05) is 0 Å². The van der Waals surface area contributed by atoms with Crippen molar-refractivity contribution in [2.45, 2.75) is 19.3 Å². The second-order valence-electron chi connectivity index (χ2n) is 7.14. The van der Waals surface area contributed by atoms with Crippen LogP contribution in [0.1, 0.15) is 40.1 Å². The minimum atomic E-state index is -0.553. The van der Waals surface area contributed by atoms with Gasteiger partial charge in [-0.15, -0.1) is 11.3 Å². The van der Waals surface area contributed by atoms with Crippen molar-refractivity contribution in [3.63, 3.8) is 0 Å². The van der Waals surface area contributed by atoms with E-state index in [0.717, 1.165) is 37.2 Å². The summed E-state index contributed by atoms with van der Waals surface area (Å²) in [6.07, 6.45) is 3.35. The van der Waals surface area contributed by atoms with Crippen molar-refractivity contribution in [3.8, 4) is 10.6 Å². The summed E-state index contributed by atoms with van der Waals surface area (Å²) in [7, 11) is 0. The van der Waals surface area contributed by atoms with E-state index >= 15 is 0 Å². The third kappa shape index (κ3) is 4.33. The predicted octanol–water partition coefficient (Wildman–Crippen LogP) is 4.29. The van der Waals surface area contributed by atoms with Crippen LogP contribution in [-0.4, -0.2) is 29.9 Å². The molecular weight excluding hydrogens is 403 g/mol. The van der Waals surface area contributed by atoms with Crippen LogP contribution in [0.3, 0.4) is 0 Å². The summed E-state index contributed by atoms with van der Waals surface area (Å²) in [4.78, 5) is 31.1. The van der Waals surface area contributed by atoms with Crippen molar-refractivity contribution >= 4 is 34.5 Å². The molecule has 1 aliphatic rings. The molecule has 2 amide bonds. The molecule has 4 rings (SSSR count). The normalized spacial score (nSPS) is 13.8. The molecule has 1 fully saturated rings. The van der Waals surface area contributed by atoms with Gasteiger partial charge in [0.15, 0.2) is 0 Å². The van der Waals surface area contributed by atoms with Gasteiger partial charge >= 0.3 is 0 Å². The zero-order chi connectivity index (χ0) is 21.1.